The van der Waals surface area contributed by atoms with Crippen LogP contribution in [0.1, 0.15) is 50.6 Å². The Balaban J connectivity index is 1.41. The molecule has 2 aromatic carbocycles. The lowest BCUT2D eigenvalue weighted by Crippen LogP contribution is -2.54. The van der Waals surface area contributed by atoms with Crippen LogP contribution in [0.2, 0.25) is 10.0 Å². The summed E-state index contributed by atoms with van der Waals surface area (Å²) >= 11 is 19.2. The van der Waals surface area contributed by atoms with Gasteiger partial charge in [-0.15, -0.1) is 11.3 Å². The van der Waals surface area contributed by atoms with Crippen molar-refractivity contribution in [2.45, 2.75) is 39.5 Å². The van der Waals surface area contributed by atoms with Crippen LogP contribution in [-0.4, -0.2) is 27.4 Å². The van der Waals surface area contributed by atoms with Crippen molar-refractivity contribution in [2.75, 3.05) is 10.2 Å². The van der Waals surface area contributed by atoms with Crippen molar-refractivity contribution in [3.05, 3.63) is 103 Å². The Morgan fingerprint density at radius 1 is 1.02 bits per heavy atom. The molecule has 4 aromatic rings. The van der Waals surface area contributed by atoms with E-state index in [4.69, 9.17) is 35.4 Å². The number of para-hydroxylation sites is 1. The smallest absolute Gasteiger partial charge is 0.270 e. The number of carbonyl (C=O) groups excluding carboxylic acids is 3. The Morgan fingerprint density at radius 2 is 1.77 bits per heavy atom. The largest absolute Gasteiger partial charge is 0.322 e. The average Bonchev–Trinajstić information content (AvgIpc) is 3.49. The number of thiocarbonyl (C=S) groups is 1. The third-order valence-electron chi connectivity index (χ3n) is 7.65. The summed E-state index contributed by atoms with van der Waals surface area (Å²) in [5, 5.41) is 7.05. The Bertz CT molecular complexity index is 1860. The second-order valence-corrected chi connectivity index (χ2v) is 12.7. The number of nitrogens with zero attached hydrogens (tertiary/aromatic N) is 2. The van der Waals surface area contributed by atoms with Crippen LogP contribution >= 0.6 is 46.8 Å². The molecule has 2 aliphatic rings. The minimum Gasteiger partial charge on any atom is -0.322 e. The Morgan fingerprint density at radius 3 is 2.51 bits per heavy atom. The summed E-state index contributed by atoms with van der Waals surface area (Å²) in [4.78, 5) is 42.9. The summed E-state index contributed by atoms with van der Waals surface area (Å²) in [6.45, 7) is 3.87. The van der Waals surface area contributed by atoms with Gasteiger partial charge in [-0.2, -0.15) is 0 Å². The van der Waals surface area contributed by atoms with E-state index in [0.29, 0.717) is 21.8 Å². The van der Waals surface area contributed by atoms with Crippen molar-refractivity contribution >= 4 is 87.0 Å². The van der Waals surface area contributed by atoms with E-state index in [1.165, 1.54) is 15.8 Å². The summed E-state index contributed by atoms with van der Waals surface area (Å²) in [7, 11) is 0. The topological polar surface area (TPSA) is 83.4 Å². The number of benzene rings is 2. The predicted molar refractivity (Wildman–Crippen MR) is 177 cm³/mol. The number of fused-ring (bicyclic) bond motifs is 1. The third-order valence-corrected chi connectivity index (χ3v) is 9.95. The van der Waals surface area contributed by atoms with Gasteiger partial charge < -0.3 is 9.88 Å². The third kappa shape index (κ3) is 5.42. The van der Waals surface area contributed by atoms with Crippen molar-refractivity contribution in [2.24, 2.45) is 0 Å². The molecule has 0 bridgehead atoms. The molecular formula is C32H26Cl2N4O3S2. The number of nitrogens with one attached hydrogen (secondary N) is 2. The molecule has 2 aromatic heterocycles. The van der Waals surface area contributed by atoms with Gasteiger partial charge in [-0.1, -0.05) is 41.4 Å². The number of aromatic nitrogens is 1. The van der Waals surface area contributed by atoms with E-state index in [0.717, 1.165) is 53.3 Å². The first kappa shape index (κ1) is 29.3. The van der Waals surface area contributed by atoms with Gasteiger partial charge in [-0.05, 0) is 105 Å². The van der Waals surface area contributed by atoms with Crippen LogP contribution in [0.3, 0.4) is 0 Å². The maximum atomic E-state index is 13.8. The van der Waals surface area contributed by atoms with Gasteiger partial charge in [-0.3, -0.25) is 24.6 Å². The minimum atomic E-state index is -0.592. The molecule has 0 spiro atoms. The molecule has 0 saturated carbocycles. The van der Waals surface area contributed by atoms with Crippen LogP contribution in [0.15, 0.2) is 60.2 Å². The van der Waals surface area contributed by atoms with Crippen LogP contribution < -0.4 is 15.5 Å². The Labute approximate surface area is 268 Å². The van der Waals surface area contributed by atoms with Gasteiger partial charge in [-0.25, -0.2) is 0 Å². The van der Waals surface area contributed by atoms with Crippen molar-refractivity contribution in [3.8, 4) is 5.00 Å². The Kier molecular flexibility index (Phi) is 8.00. The van der Waals surface area contributed by atoms with Gasteiger partial charge in [0.15, 0.2) is 5.11 Å². The molecule has 0 atom stereocenters. The zero-order valence-electron chi connectivity index (χ0n) is 23.3. The molecule has 1 saturated heterocycles. The Hall–Kier alpha value is -3.76. The van der Waals surface area contributed by atoms with E-state index in [9.17, 15) is 14.4 Å². The first-order valence-corrected chi connectivity index (χ1v) is 15.7. The lowest BCUT2D eigenvalue weighted by Gasteiger charge is -2.29. The summed E-state index contributed by atoms with van der Waals surface area (Å²) in [5.74, 6) is -1.32. The number of amides is 3. The molecule has 0 radical (unpaired) electrons. The second kappa shape index (κ2) is 11.7. The molecule has 11 heteroatoms. The molecule has 3 heterocycles. The molecule has 1 aliphatic carbocycles. The molecule has 43 heavy (non-hydrogen) atoms. The highest BCUT2D eigenvalue weighted by Crippen LogP contribution is 2.39. The quantitative estimate of drug-likeness (QED) is 0.134. The fraction of sp³-hybridized carbons (Fsp3) is 0.188. The maximum absolute atomic E-state index is 13.8. The van der Waals surface area contributed by atoms with Crippen LogP contribution in [0, 0.1) is 13.8 Å². The number of halogens is 2. The monoisotopic (exact) mass is 648 g/mol. The first-order valence-electron chi connectivity index (χ1n) is 13.7. The number of carbonyl (C=O) groups is 3. The molecule has 7 nitrogen and oxygen atoms in total. The van der Waals surface area contributed by atoms with Crippen molar-refractivity contribution in [3.63, 3.8) is 0 Å². The van der Waals surface area contributed by atoms with Gasteiger partial charge in [0, 0.05) is 22.0 Å². The maximum Gasteiger partial charge on any atom is 0.270 e. The first-order chi connectivity index (χ1) is 20.6. The number of hydrogen-bond acceptors (Lipinski definition) is 5. The summed E-state index contributed by atoms with van der Waals surface area (Å²) in [6.07, 6.45) is 5.46. The van der Waals surface area contributed by atoms with E-state index in [-0.39, 0.29) is 21.6 Å². The molecule has 1 aliphatic heterocycles. The second-order valence-electron chi connectivity index (χ2n) is 10.4. The highest BCUT2D eigenvalue weighted by Gasteiger charge is 2.35. The van der Waals surface area contributed by atoms with Crippen LogP contribution in [0.4, 0.5) is 11.4 Å². The van der Waals surface area contributed by atoms with E-state index < -0.39 is 11.8 Å². The van der Waals surface area contributed by atoms with Gasteiger partial charge in [0.25, 0.3) is 17.7 Å². The van der Waals surface area contributed by atoms with Crippen molar-refractivity contribution in [1.29, 1.82) is 0 Å². The molecule has 218 valence electrons. The molecule has 1 fully saturated rings. The lowest BCUT2D eigenvalue weighted by molar-refractivity contribution is -0.122. The van der Waals surface area contributed by atoms with E-state index >= 15 is 0 Å². The molecule has 6 rings (SSSR count). The van der Waals surface area contributed by atoms with Crippen LogP contribution in [-0.2, 0) is 22.4 Å². The summed E-state index contributed by atoms with van der Waals surface area (Å²) < 4.78 is 2.04. The number of thiophene rings is 1. The van der Waals surface area contributed by atoms with E-state index in [1.807, 2.05) is 54.8 Å². The van der Waals surface area contributed by atoms with Gasteiger partial charge >= 0.3 is 0 Å². The predicted octanol–water partition coefficient (Wildman–Crippen LogP) is 7.42. The molecule has 3 amide bonds. The molecular weight excluding hydrogens is 623 g/mol. The van der Waals surface area contributed by atoms with E-state index in [1.54, 1.807) is 29.5 Å². The summed E-state index contributed by atoms with van der Waals surface area (Å²) in [6, 6.07) is 16.0. The zero-order chi connectivity index (χ0) is 30.4. The van der Waals surface area contributed by atoms with Gasteiger partial charge in [0.05, 0.1) is 21.3 Å². The van der Waals surface area contributed by atoms with Crippen molar-refractivity contribution in [1.82, 2.24) is 9.88 Å². The highest BCUT2D eigenvalue weighted by atomic mass is 35.5. The SMILES string of the molecule is Cc1cc(/C=C2\C(=O)NC(=S)N(c3ccc(Cl)c(Cl)c3)C2=O)c(C)n1-c1sc2c(c1C(=O)Nc1ccccc1)CCCC2. The van der Waals surface area contributed by atoms with Gasteiger partial charge in [0.2, 0.25) is 0 Å². The normalized spacial score (nSPS) is 16.0. The average molecular weight is 650 g/mol. The van der Waals surface area contributed by atoms with Crippen molar-refractivity contribution < 1.29 is 14.4 Å². The summed E-state index contributed by atoms with van der Waals surface area (Å²) in [5.41, 5.74) is 5.16. The number of hydrogen-bond donors (Lipinski definition) is 2. The molecule has 0 unspecified atom stereocenters. The fourth-order valence-electron chi connectivity index (χ4n) is 5.58. The minimum absolute atomic E-state index is 0.0470. The fourth-order valence-corrected chi connectivity index (χ4v) is 7.65. The number of rotatable bonds is 5. The standard InChI is InChI=1S/C32H26Cl2N4O3S2/c1-17-14-19(15-23-28(39)36-32(42)38(30(23)41)21-12-13-24(33)25(34)16-21)18(2)37(17)31-27(22-10-6-7-11-26(22)43-31)29(40)35-20-8-4-3-5-9-20/h3-5,8-9,12-16H,6-7,10-11H2,1-2H3,(H,35,40)(H,36,39,42)/b23-15+. The van der Waals surface area contributed by atoms with Crippen LogP contribution in [0.25, 0.3) is 11.1 Å². The van der Waals surface area contributed by atoms with Crippen LogP contribution in [0.5, 0.6) is 0 Å². The number of anilines is 2. The number of aryl methyl sites for hydroxylation is 2. The molecule has 2 N–H and O–H groups in total. The lowest BCUT2D eigenvalue weighted by atomic mass is 9.95. The highest BCUT2D eigenvalue weighted by molar-refractivity contribution is 7.80. The van der Waals surface area contributed by atoms with Gasteiger partial charge in [0.1, 0.15) is 10.6 Å². The zero-order valence-corrected chi connectivity index (χ0v) is 26.4. The van der Waals surface area contributed by atoms with E-state index in [2.05, 4.69) is 10.6 Å².